The summed E-state index contributed by atoms with van der Waals surface area (Å²) in [5, 5.41) is 13.8. The number of nitro groups is 1. The van der Waals surface area contributed by atoms with E-state index in [9.17, 15) is 19.7 Å². The number of hydrogen-bond acceptors (Lipinski definition) is 4. The second-order valence-electron chi connectivity index (χ2n) is 6.31. The summed E-state index contributed by atoms with van der Waals surface area (Å²) in [6.07, 6.45) is 1.26. The third kappa shape index (κ3) is 2.27. The van der Waals surface area contributed by atoms with E-state index in [1.54, 1.807) is 12.1 Å². The highest BCUT2D eigenvalue weighted by Gasteiger charge is 2.55. The van der Waals surface area contributed by atoms with Crippen molar-refractivity contribution in [1.29, 1.82) is 0 Å². The van der Waals surface area contributed by atoms with E-state index in [4.69, 9.17) is 0 Å². The number of nitrogens with one attached hydrogen (secondary N) is 1. The van der Waals surface area contributed by atoms with Crippen LogP contribution in [0.5, 0.6) is 0 Å². The summed E-state index contributed by atoms with van der Waals surface area (Å²) >= 11 is 0. The van der Waals surface area contributed by atoms with Gasteiger partial charge in [-0.2, -0.15) is 0 Å². The summed E-state index contributed by atoms with van der Waals surface area (Å²) in [6, 6.07) is 13.1. The first-order valence-corrected chi connectivity index (χ1v) is 7.97. The predicted octanol–water partition coefficient (Wildman–Crippen LogP) is 2.49. The van der Waals surface area contributed by atoms with Crippen LogP contribution in [0, 0.1) is 10.1 Å². The number of carbonyl (C=O) groups excluding carboxylic acids is 2. The van der Waals surface area contributed by atoms with Crippen molar-refractivity contribution < 1.29 is 14.5 Å². The van der Waals surface area contributed by atoms with E-state index in [0.29, 0.717) is 12.0 Å². The van der Waals surface area contributed by atoms with Gasteiger partial charge in [0.1, 0.15) is 5.54 Å². The maximum absolute atomic E-state index is 13.0. The van der Waals surface area contributed by atoms with Crippen LogP contribution in [-0.2, 0) is 23.3 Å². The standard InChI is InChI=1S/C18H15N3O4/c22-16-18(9-8-13-5-1-2-7-15(13)18)19-17(23)20(16)11-12-4-3-6-14(10-12)21(24)25/h1-7,10H,8-9,11H2,(H,19,23). The van der Waals surface area contributed by atoms with E-state index >= 15 is 0 Å². The molecule has 1 N–H and O–H groups in total. The Morgan fingerprint density at radius 2 is 1.96 bits per heavy atom. The number of benzene rings is 2. The van der Waals surface area contributed by atoms with Gasteiger partial charge in [0.15, 0.2) is 0 Å². The quantitative estimate of drug-likeness (QED) is 0.529. The monoisotopic (exact) mass is 337 g/mol. The highest BCUT2D eigenvalue weighted by molar-refractivity contribution is 6.08. The van der Waals surface area contributed by atoms with Gasteiger partial charge in [-0.05, 0) is 29.5 Å². The summed E-state index contributed by atoms with van der Waals surface area (Å²) in [7, 11) is 0. The van der Waals surface area contributed by atoms with Crippen LogP contribution in [0.2, 0.25) is 0 Å². The second-order valence-corrected chi connectivity index (χ2v) is 6.31. The van der Waals surface area contributed by atoms with Crippen molar-refractivity contribution in [3.63, 3.8) is 0 Å². The second kappa shape index (κ2) is 5.41. The summed E-state index contributed by atoms with van der Waals surface area (Å²) in [5.74, 6) is -0.297. The summed E-state index contributed by atoms with van der Waals surface area (Å²) in [5.41, 5.74) is 1.38. The number of fused-ring (bicyclic) bond motifs is 2. The molecule has 4 rings (SSSR count). The number of urea groups is 1. The summed E-state index contributed by atoms with van der Waals surface area (Å²) < 4.78 is 0. The van der Waals surface area contributed by atoms with Gasteiger partial charge >= 0.3 is 6.03 Å². The molecule has 126 valence electrons. The van der Waals surface area contributed by atoms with Crippen LogP contribution in [0.15, 0.2) is 48.5 Å². The SMILES string of the molecule is O=C1NC2(CCc3ccccc32)C(=O)N1Cc1cccc([N+](=O)[O-])c1. The zero-order chi connectivity index (χ0) is 17.6. The largest absolute Gasteiger partial charge is 0.325 e. The van der Waals surface area contributed by atoms with Crippen LogP contribution in [0.1, 0.15) is 23.1 Å². The first-order valence-electron chi connectivity index (χ1n) is 7.97. The Hall–Kier alpha value is -3.22. The fourth-order valence-corrected chi connectivity index (χ4v) is 3.68. The fourth-order valence-electron chi connectivity index (χ4n) is 3.68. The molecule has 1 spiro atoms. The van der Waals surface area contributed by atoms with Gasteiger partial charge in [0, 0.05) is 12.1 Å². The number of carbonyl (C=O) groups is 2. The van der Waals surface area contributed by atoms with E-state index in [2.05, 4.69) is 5.32 Å². The molecule has 0 aromatic heterocycles. The highest BCUT2D eigenvalue weighted by atomic mass is 16.6. The Morgan fingerprint density at radius 1 is 1.16 bits per heavy atom. The van der Waals surface area contributed by atoms with Crippen molar-refractivity contribution in [1.82, 2.24) is 10.2 Å². The van der Waals surface area contributed by atoms with E-state index in [1.807, 2.05) is 24.3 Å². The molecule has 1 atom stereocenters. The molecule has 1 unspecified atom stereocenters. The minimum absolute atomic E-state index is 0.0102. The number of imide groups is 1. The molecule has 0 saturated carbocycles. The maximum atomic E-state index is 13.0. The number of rotatable bonds is 3. The Labute approximate surface area is 143 Å². The molecular formula is C18H15N3O4. The molecule has 1 aliphatic carbocycles. The summed E-state index contributed by atoms with van der Waals surface area (Å²) in [4.78, 5) is 37.0. The van der Waals surface area contributed by atoms with Crippen LogP contribution in [0.3, 0.4) is 0 Å². The molecular weight excluding hydrogens is 322 g/mol. The molecule has 1 aliphatic heterocycles. The van der Waals surface area contributed by atoms with Gasteiger partial charge in [0.2, 0.25) is 0 Å². The molecule has 3 amide bonds. The lowest BCUT2D eigenvalue weighted by Gasteiger charge is -2.22. The van der Waals surface area contributed by atoms with Crippen LogP contribution in [0.4, 0.5) is 10.5 Å². The molecule has 0 bridgehead atoms. The van der Waals surface area contributed by atoms with Gasteiger partial charge in [0.05, 0.1) is 11.5 Å². The van der Waals surface area contributed by atoms with Gasteiger partial charge in [-0.3, -0.25) is 19.8 Å². The smallest absolute Gasteiger partial charge is 0.319 e. The maximum Gasteiger partial charge on any atom is 0.325 e. The van der Waals surface area contributed by atoms with Crippen LogP contribution >= 0.6 is 0 Å². The topological polar surface area (TPSA) is 92.6 Å². The average Bonchev–Trinajstić information content (AvgIpc) is 3.09. The Bertz CT molecular complexity index is 911. The molecule has 1 heterocycles. The van der Waals surface area contributed by atoms with Crippen LogP contribution in [-0.4, -0.2) is 21.8 Å². The highest BCUT2D eigenvalue weighted by Crippen LogP contribution is 2.41. The lowest BCUT2D eigenvalue weighted by molar-refractivity contribution is -0.384. The number of nitro benzene ring substituents is 1. The Morgan fingerprint density at radius 3 is 2.76 bits per heavy atom. The van der Waals surface area contributed by atoms with E-state index in [0.717, 1.165) is 22.4 Å². The molecule has 25 heavy (non-hydrogen) atoms. The molecule has 1 fully saturated rings. The molecule has 0 radical (unpaired) electrons. The number of non-ortho nitro benzene ring substituents is 1. The minimum atomic E-state index is -1.01. The van der Waals surface area contributed by atoms with Crippen molar-refractivity contribution in [3.05, 3.63) is 75.3 Å². The predicted molar refractivity (Wildman–Crippen MR) is 88.6 cm³/mol. The molecule has 2 aliphatic rings. The van der Waals surface area contributed by atoms with Gasteiger partial charge in [0.25, 0.3) is 11.6 Å². The van der Waals surface area contributed by atoms with Crippen LogP contribution in [0.25, 0.3) is 0 Å². The summed E-state index contributed by atoms with van der Waals surface area (Å²) in [6.45, 7) is 0.0102. The van der Waals surface area contributed by atoms with Gasteiger partial charge in [-0.15, -0.1) is 0 Å². The van der Waals surface area contributed by atoms with Crippen molar-refractivity contribution in [2.75, 3.05) is 0 Å². The van der Waals surface area contributed by atoms with Gasteiger partial charge in [-0.25, -0.2) is 4.79 Å². The van der Waals surface area contributed by atoms with E-state index < -0.39 is 16.5 Å². The molecule has 7 heteroatoms. The van der Waals surface area contributed by atoms with Crippen molar-refractivity contribution >= 4 is 17.6 Å². The third-order valence-corrected chi connectivity index (χ3v) is 4.88. The molecule has 1 saturated heterocycles. The Balaban J connectivity index is 1.65. The number of amides is 3. The zero-order valence-electron chi connectivity index (χ0n) is 13.3. The molecule has 2 aromatic rings. The first kappa shape index (κ1) is 15.3. The average molecular weight is 337 g/mol. The number of hydrogen-bond donors (Lipinski definition) is 1. The van der Waals surface area contributed by atoms with E-state index in [-0.39, 0.29) is 18.1 Å². The van der Waals surface area contributed by atoms with Crippen molar-refractivity contribution in [2.45, 2.75) is 24.9 Å². The Kier molecular flexibility index (Phi) is 3.31. The first-order chi connectivity index (χ1) is 12.0. The zero-order valence-corrected chi connectivity index (χ0v) is 13.3. The molecule has 7 nitrogen and oxygen atoms in total. The van der Waals surface area contributed by atoms with Gasteiger partial charge < -0.3 is 5.32 Å². The lowest BCUT2D eigenvalue weighted by Crippen LogP contribution is -2.41. The van der Waals surface area contributed by atoms with Crippen molar-refractivity contribution in [2.24, 2.45) is 0 Å². The van der Waals surface area contributed by atoms with Crippen LogP contribution < -0.4 is 5.32 Å². The minimum Gasteiger partial charge on any atom is -0.319 e. The fraction of sp³-hybridized carbons (Fsp3) is 0.222. The number of aryl methyl sites for hydroxylation is 1. The van der Waals surface area contributed by atoms with Crippen molar-refractivity contribution in [3.8, 4) is 0 Å². The molecule has 2 aromatic carbocycles. The number of nitrogens with zero attached hydrogens (tertiary/aromatic N) is 2. The third-order valence-electron chi connectivity index (χ3n) is 4.88. The van der Waals surface area contributed by atoms with Gasteiger partial charge in [-0.1, -0.05) is 36.4 Å². The van der Waals surface area contributed by atoms with E-state index in [1.165, 1.54) is 12.1 Å². The lowest BCUT2D eigenvalue weighted by atomic mass is 9.92. The normalized spacial score (nSPS) is 21.5.